The fourth-order valence-corrected chi connectivity index (χ4v) is 2.51. The third-order valence-corrected chi connectivity index (χ3v) is 4.22. The molecule has 2 aromatic carbocycles. The van der Waals surface area contributed by atoms with Crippen molar-refractivity contribution in [2.75, 3.05) is 0 Å². The molecule has 0 saturated heterocycles. The van der Waals surface area contributed by atoms with Crippen molar-refractivity contribution >= 4 is 23.7 Å². The highest BCUT2D eigenvalue weighted by Gasteiger charge is 2.16. The molecule has 1 heterocycles. The number of furan rings is 1. The van der Waals surface area contributed by atoms with Crippen molar-refractivity contribution in [3.05, 3.63) is 82.6 Å². The molecule has 0 saturated carbocycles. The van der Waals surface area contributed by atoms with Crippen LogP contribution in [0.3, 0.4) is 0 Å². The van der Waals surface area contributed by atoms with Crippen molar-refractivity contribution < 1.29 is 14.3 Å². The Morgan fingerprint density at radius 2 is 1.96 bits per heavy atom. The summed E-state index contributed by atoms with van der Waals surface area (Å²) in [7, 11) is 0. The minimum absolute atomic E-state index is 0.464. The Hall–Kier alpha value is -2.89. The first-order valence-electron chi connectivity index (χ1n) is 7.97. The molecule has 0 bridgehead atoms. The average molecular weight is 369 g/mol. The predicted molar refractivity (Wildman–Crippen MR) is 101 cm³/mol. The van der Waals surface area contributed by atoms with Crippen molar-refractivity contribution in [1.29, 1.82) is 0 Å². The van der Waals surface area contributed by atoms with Gasteiger partial charge in [-0.1, -0.05) is 54.1 Å². The summed E-state index contributed by atoms with van der Waals surface area (Å²) in [5.74, 6) is 0.486. The lowest BCUT2D eigenvalue weighted by molar-refractivity contribution is -0.129. The highest BCUT2D eigenvalue weighted by atomic mass is 35.5. The van der Waals surface area contributed by atoms with E-state index in [0.29, 0.717) is 22.1 Å². The topological polar surface area (TPSA) is 74.8 Å². The Balaban J connectivity index is 1.63. The summed E-state index contributed by atoms with van der Waals surface area (Å²) in [6, 6.07) is 17.8. The molecule has 3 aromatic rings. The van der Waals surface area contributed by atoms with Gasteiger partial charge in [0.05, 0.1) is 6.21 Å². The molecule has 0 unspecified atom stereocenters. The van der Waals surface area contributed by atoms with Gasteiger partial charge in [-0.3, -0.25) is 4.79 Å². The number of rotatable bonds is 5. The van der Waals surface area contributed by atoms with Crippen LogP contribution < -0.4 is 5.43 Å². The monoisotopic (exact) mass is 368 g/mol. The Labute approximate surface area is 155 Å². The van der Waals surface area contributed by atoms with E-state index in [1.807, 2.05) is 31.2 Å². The van der Waals surface area contributed by atoms with E-state index in [9.17, 15) is 9.90 Å². The number of halogens is 1. The quantitative estimate of drug-likeness (QED) is 0.526. The fraction of sp³-hybridized carbons (Fsp3) is 0.100. The minimum Gasteiger partial charge on any atom is -0.455 e. The van der Waals surface area contributed by atoms with Gasteiger partial charge >= 0.3 is 0 Å². The molecule has 0 aliphatic carbocycles. The normalized spacial score (nSPS) is 12.3. The van der Waals surface area contributed by atoms with Gasteiger partial charge < -0.3 is 9.52 Å². The average Bonchev–Trinajstić information content (AvgIpc) is 3.13. The molecule has 5 nitrogen and oxygen atoms in total. The van der Waals surface area contributed by atoms with Crippen LogP contribution in [-0.2, 0) is 4.79 Å². The summed E-state index contributed by atoms with van der Waals surface area (Å²) >= 11 is 6.13. The fourth-order valence-electron chi connectivity index (χ4n) is 2.33. The first kappa shape index (κ1) is 17.9. The second kappa shape index (κ2) is 7.99. The predicted octanol–water partition coefficient (Wildman–Crippen LogP) is 4.09. The number of hydrogen-bond acceptors (Lipinski definition) is 4. The van der Waals surface area contributed by atoms with E-state index in [-0.39, 0.29) is 0 Å². The van der Waals surface area contributed by atoms with Crippen molar-refractivity contribution in [2.24, 2.45) is 5.10 Å². The number of carbonyl (C=O) groups excluding carboxylic acids is 1. The number of nitrogens with zero attached hydrogens (tertiary/aromatic N) is 1. The number of benzene rings is 2. The van der Waals surface area contributed by atoms with E-state index >= 15 is 0 Å². The van der Waals surface area contributed by atoms with Crippen LogP contribution in [0, 0.1) is 6.92 Å². The van der Waals surface area contributed by atoms with Crippen LogP contribution in [0.4, 0.5) is 0 Å². The summed E-state index contributed by atoms with van der Waals surface area (Å²) in [4.78, 5) is 11.9. The summed E-state index contributed by atoms with van der Waals surface area (Å²) in [5.41, 5.74) is 4.63. The molecule has 0 aliphatic rings. The molecule has 3 rings (SSSR count). The highest BCUT2D eigenvalue weighted by molar-refractivity contribution is 6.31. The van der Waals surface area contributed by atoms with E-state index in [1.54, 1.807) is 36.4 Å². The van der Waals surface area contributed by atoms with Crippen LogP contribution in [0.5, 0.6) is 0 Å². The molecule has 1 atom stereocenters. The molecule has 2 N–H and O–H groups in total. The van der Waals surface area contributed by atoms with Crippen LogP contribution in [0.1, 0.15) is 23.0 Å². The SMILES string of the molecule is Cc1ccc(-c2ccc(C=NNC(=O)[C@@H](O)c3ccccc3)o2)cc1Cl. The van der Waals surface area contributed by atoms with Crippen molar-refractivity contribution in [2.45, 2.75) is 13.0 Å². The number of carbonyl (C=O) groups is 1. The largest absolute Gasteiger partial charge is 0.455 e. The molecule has 0 fully saturated rings. The van der Waals surface area contributed by atoms with Gasteiger partial charge in [0, 0.05) is 10.6 Å². The van der Waals surface area contributed by atoms with E-state index in [1.165, 1.54) is 6.21 Å². The van der Waals surface area contributed by atoms with Crippen molar-refractivity contribution in [3.8, 4) is 11.3 Å². The molecule has 6 heteroatoms. The first-order chi connectivity index (χ1) is 12.5. The van der Waals surface area contributed by atoms with Crippen molar-refractivity contribution in [3.63, 3.8) is 0 Å². The molecule has 1 aromatic heterocycles. The third-order valence-electron chi connectivity index (χ3n) is 3.81. The molecule has 1 amide bonds. The molecule has 0 spiro atoms. The lowest BCUT2D eigenvalue weighted by atomic mass is 10.1. The second-order valence-corrected chi connectivity index (χ2v) is 6.12. The molecular weight excluding hydrogens is 352 g/mol. The molecule has 132 valence electrons. The highest BCUT2D eigenvalue weighted by Crippen LogP contribution is 2.26. The van der Waals surface area contributed by atoms with Crippen LogP contribution >= 0.6 is 11.6 Å². The second-order valence-electron chi connectivity index (χ2n) is 5.71. The van der Waals surface area contributed by atoms with Gasteiger partial charge in [-0.25, -0.2) is 5.43 Å². The van der Waals surface area contributed by atoms with Crippen LogP contribution in [0.2, 0.25) is 5.02 Å². The number of amides is 1. The molecular formula is C20H17ClN2O3. The number of hydrogen-bond donors (Lipinski definition) is 2. The summed E-state index contributed by atoms with van der Waals surface area (Å²) < 4.78 is 5.67. The van der Waals surface area contributed by atoms with Gasteiger partial charge in [-0.15, -0.1) is 0 Å². The maximum atomic E-state index is 11.9. The Morgan fingerprint density at radius 3 is 2.69 bits per heavy atom. The van der Waals surface area contributed by atoms with E-state index in [2.05, 4.69) is 10.5 Å². The van der Waals surface area contributed by atoms with Crippen LogP contribution in [0.25, 0.3) is 11.3 Å². The van der Waals surface area contributed by atoms with E-state index in [0.717, 1.165) is 11.1 Å². The molecule has 0 aliphatic heterocycles. The standard InChI is InChI=1S/C20H17ClN2O3/c1-13-7-8-15(11-17(13)21)18-10-9-16(26-18)12-22-23-20(25)19(24)14-5-3-2-4-6-14/h2-12,19,24H,1H3,(H,23,25)/t19-/m0/s1. The molecule has 0 radical (unpaired) electrons. The summed E-state index contributed by atoms with van der Waals surface area (Å²) in [5, 5.41) is 14.5. The number of aliphatic hydroxyl groups is 1. The van der Waals surface area contributed by atoms with Gasteiger partial charge in [0.25, 0.3) is 5.91 Å². The van der Waals surface area contributed by atoms with Gasteiger partial charge in [-0.2, -0.15) is 5.10 Å². The zero-order valence-corrected chi connectivity index (χ0v) is 14.8. The van der Waals surface area contributed by atoms with Crippen molar-refractivity contribution in [1.82, 2.24) is 5.43 Å². The summed E-state index contributed by atoms with van der Waals surface area (Å²) in [6.07, 6.45) is 0.0877. The smallest absolute Gasteiger partial charge is 0.273 e. The lowest BCUT2D eigenvalue weighted by Crippen LogP contribution is -2.25. The van der Waals surface area contributed by atoms with Gasteiger partial charge in [0.1, 0.15) is 11.5 Å². The Kier molecular flexibility index (Phi) is 5.51. The maximum Gasteiger partial charge on any atom is 0.273 e. The Bertz CT molecular complexity index is 935. The van der Waals surface area contributed by atoms with E-state index < -0.39 is 12.0 Å². The lowest BCUT2D eigenvalue weighted by Gasteiger charge is -2.08. The first-order valence-corrected chi connectivity index (χ1v) is 8.34. The maximum absolute atomic E-state index is 11.9. The third kappa shape index (κ3) is 4.20. The van der Waals surface area contributed by atoms with Crippen LogP contribution in [0.15, 0.2) is 70.2 Å². The Morgan fingerprint density at radius 1 is 1.19 bits per heavy atom. The van der Waals surface area contributed by atoms with Gasteiger partial charge in [0.15, 0.2) is 6.10 Å². The zero-order chi connectivity index (χ0) is 18.5. The number of nitrogens with one attached hydrogen (secondary N) is 1. The van der Waals surface area contributed by atoms with Gasteiger partial charge in [0.2, 0.25) is 0 Å². The molecule has 26 heavy (non-hydrogen) atoms. The zero-order valence-electron chi connectivity index (χ0n) is 14.0. The summed E-state index contributed by atoms with van der Waals surface area (Å²) in [6.45, 7) is 1.93. The van der Waals surface area contributed by atoms with Gasteiger partial charge in [-0.05, 0) is 36.2 Å². The van der Waals surface area contributed by atoms with E-state index in [4.69, 9.17) is 16.0 Å². The number of aryl methyl sites for hydroxylation is 1. The number of hydrazone groups is 1. The van der Waals surface area contributed by atoms with Crippen LogP contribution in [-0.4, -0.2) is 17.2 Å². The minimum atomic E-state index is -1.28. The number of aliphatic hydroxyl groups excluding tert-OH is 1.